The lowest BCUT2D eigenvalue weighted by Crippen LogP contribution is -2.36. The Morgan fingerprint density at radius 2 is 1.79 bits per heavy atom. The Hall–Kier alpha value is -2.61. The molecule has 0 aliphatic carbocycles. The monoisotopic (exact) mass is 409 g/mol. The molecular formula is C20H24FNO5S. The number of carbonyl (C=O) groups is 1. The van der Waals surface area contributed by atoms with E-state index in [2.05, 4.69) is 0 Å². The molecule has 0 radical (unpaired) electrons. The molecule has 0 unspecified atom stereocenters. The number of hydrogen-bond donors (Lipinski definition) is 0. The molecule has 2 aromatic rings. The van der Waals surface area contributed by atoms with Crippen LogP contribution in [0.15, 0.2) is 47.4 Å². The molecule has 0 saturated carbocycles. The summed E-state index contributed by atoms with van der Waals surface area (Å²) in [4.78, 5) is 13.5. The highest BCUT2D eigenvalue weighted by Crippen LogP contribution is 2.31. The first-order valence-corrected chi connectivity index (χ1v) is 10.2. The van der Waals surface area contributed by atoms with Gasteiger partial charge in [0, 0.05) is 19.5 Å². The molecule has 8 heteroatoms. The summed E-state index contributed by atoms with van der Waals surface area (Å²) in [6, 6.07) is 9.23. The minimum absolute atomic E-state index is 0.00280. The maximum atomic E-state index is 13.1. The Bertz CT molecular complexity index is 928. The third kappa shape index (κ3) is 5.22. The standard InChI is InChI=1S/C20H24FNO5S/c1-5-14(2)22(15(3)23)13-16-6-11-19(26-4)20(12-16)27-28(24,25)18-9-7-17(21)8-10-18/h6-12,14H,5,13H2,1-4H3/t14-/m0/s1. The highest BCUT2D eigenvalue weighted by atomic mass is 32.2. The van der Waals surface area contributed by atoms with E-state index in [0.717, 1.165) is 30.7 Å². The molecule has 0 aliphatic heterocycles. The van der Waals surface area contributed by atoms with Gasteiger partial charge < -0.3 is 13.8 Å². The Labute approximate surface area is 165 Å². The van der Waals surface area contributed by atoms with Gasteiger partial charge in [0.2, 0.25) is 5.91 Å². The highest BCUT2D eigenvalue weighted by Gasteiger charge is 2.21. The van der Waals surface area contributed by atoms with Gasteiger partial charge >= 0.3 is 10.1 Å². The van der Waals surface area contributed by atoms with Crippen LogP contribution in [0.25, 0.3) is 0 Å². The van der Waals surface area contributed by atoms with E-state index in [1.807, 2.05) is 13.8 Å². The number of rotatable bonds is 8. The van der Waals surface area contributed by atoms with Crippen LogP contribution in [0.1, 0.15) is 32.8 Å². The lowest BCUT2D eigenvalue weighted by atomic mass is 10.1. The average Bonchev–Trinajstić information content (AvgIpc) is 2.65. The van der Waals surface area contributed by atoms with Crippen molar-refractivity contribution in [3.63, 3.8) is 0 Å². The predicted molar refractivity (Wildman–Crippen MR) is 103 cm³/mol. The minimum Gasteiger partial charge on any atom is -0.493 e. The van der Waals surface area contributed by atoms with Crippen LogP contribution in [0, 0.1) is 5.82 Å². The smallest absolute Gasteiger partial charge is 0.339 e. The molecule has 2 rings (SSSR count). The largest absolute Gasteiger partial charge is 0.493 e. The minimum atomic E-state index is -4.17. The number of methoxy groups -OCH3 is 1. The Morgan fingerprint density at radius 1 is 1.14 bits per heavy atom. The molecule has 1 amide bonds. The number of nitrogens with zero attached hydrogens (tertiary/aromatic N) is 1. The molecule has 1 atom stereocenters. The van der Waals surface area contributed by atoms with Gasteiger partial charge in [0.25, 0.3) is 0 Å². The maximum Gasteiger partial charge on any atom is 0.339 e. The van der Waals surface area contributed by atoms with E-state index in [1.165, 1.54) is 20.1 Å². The molecule has 152 valence electrons. The van der Waals surface area contributed by atoms with Crippen molar-refractivity contribution in [1.82, 2.24) is 4.90 Å². The van der Waals surface area contributed by atoms with Gasteiger partial charge in [0.15, 0.2) is 11.5 Å². The molecular weight excluding hydrogens is 385 g/mol. The molecule has 0 spiro atoms. The predicted octanol–water partition coefficient (Wildman–Crippen LogP) is 3.75. The van der Waals surface area contributed by atoms with E-state index in [4.69, 9.17) is 8.92 Å². The fourth-order valence-electron chi connectivity index (χ4n) is 2.65. The summed E-state index contributed by atoms with van der Waals surface area (Å²) in [5, 5.41) is 0. The topological polar surface area (TPSA) is 72.9 Å². The third-order valence-corrected chi connectivity index (χ3v) is 5.66. The quantitative estimate of drug-likeness (QED) is 0.621. The van der Waals surface area contributed by atoms with Crippen molar-refractivity contribution in [1.29, 1.82) is 0 Å². The van der Waals surface area contributed by atoms with E-state index in [0.29, 0.717) is 12.1 Å². The number of ether oxygens (including phenoxy) is 1. The molecule has 0 saturated heterocycles. The second-order valence-corrected chi connectivity index (χ2v) is 7.93. The van der Waals surface area contributed by atoms with Gasteiger partial charge in [0.05, 0.1) is 7.11 Å². The Balaban J connectivity index is 2.34. The van der Waals surface area contributed by atoms with Gasteiger partial charge in [-0.3, -0.25) is 4.79 Å². The molecule has 0 heterocycles. The van der Waals surface area contributed by atoms with E-state index in [9.17, 15) is 17.6 Å². The van der Waals surface area contributed by atoms with Gasteiger partial charge in [-0.1, -0.05) is 13.0 Å². The summed E-state index contributed by atoms with van der Waals surface area (Å²) < 4.78 is 48.5. The summed E-state index contributed by atoms with van der Waals surface area (Å²) >= 11 is 0. The zero-order valence-electron chi connectivity index (χ0n) is 16.3. The number of amides is 1. The Morgan fingerprint density at radius 3 is 2.32 bits per heavy atom. The average molecular weight is 409 g/mol. The summed E-state index contributed by atoms with van der Waals surface area (Å²) in [6.07, 6.45) is 0.790. The van der Waals surface area contributed by atoms with Crippen molar-refractivity contribution in [2.24, 2.45) is 0 Å². The van der Waals surface area contributed by atoms with Crippen LogP contribution in [0.3, 0.4) is 0 Å². The molecule has 0 aliphatic rings. The van der Waals surface area contributed by atoms with E-state index < -0.39 is 15.9 Å². The Kier molecular flexibility index (Phi) is 7.01. The van der Waals surface area contributed by atoms with Gasteiger partial charge in [-0.25, -0.2) is 4.39 Å². The van der Waals surface area contributed by atoms with Gasteiger partial charge in [-0.15, -0.1) is 0 Å². The van der Waals surface area contributed by atoms with Gasteiger partial charge in [-0.2, -0.15) is 8.42 Å². The molecule has 0 fully saturated rings. The number of halogens is 1. The normalized spacial score (nSPS) is 12.3. The van der Waals surface area contributed by atoms with Gasteiger partial charge in [-0.05, 0) is 55.3 Å². The fourth-order valence-corrected chi connectivity index (χ4v) is 3.58. The van der Waals surface area contributed by atoms with E-state index in [-0.39, 0.29) is 28.3 Å². The van der Waals surface area contributed by atoms with E-state index in [1.54, 1.807) is 17.0 Å². The zero-order valence-corrected chi connectivity index (χ0v) is 17.1. The van der Waals surface area contributed by atoms with Crippen LogP contribution in [-0.2, 0) is 21.5 Å². The van der Waals surface area contributed by atoms with Crippen molar-refractivity contribution in [2.45, 2.75) is 44.7 Å². The third-order valence-electron chi connectivity index (χ3n) is 4.41. The van der Waals surface area contributed by atoms with Crippen molar-refractivity contribution in [3.05, 3.63) is 53.8 Å². The number of benzene rings is 2. The zero-order chi connectivity index (χ0) is 20.9. The van der Waals surface area contributed by atoms with Crippen LogP contribution in [0.5, 0.6) is 11.5 Å². The summed E-state index contributed by atoms with van der Waals surface area (Å²) in [5.41, 5.74) is 0.695. The lowest BCUT2D eigenvalue weighted by molar-refractivity contribution is -0.131. The SMILES string of the molecule is CC[C@H](C)N(Cc1ccc(OC)c(OS(=O)(=O)c2ccc(F)cc2)c1)C(C)=O. The summed E-state index contributed by atoms with van der Waals surface area (Å²) in [7, 11) is -2.78. The van der Waals surface area contributed by atoms with E-state index >= 15 is 0 Å². The molecule has 2 aromatic carbocycles. The first-order chi connectivity index (χ1) is 13.2. The second-order valence-electron chi connectivity index (χ2n) is 6.38. The van der Waals surface area contributed by atoms with Crippen LogP contribution < -0.4 is 8.92 Å². The van der Waals surface area contributed by atoms with Crippen LogP contribution in [0.4, 0.5) is 4.39 Å². The van der Waals surface area contributed by atoms with Gasteiger partial charge in [0.1, 0.15) is 10.7 Å². The molecule has 0 bridgehead atoms. The maximum absolute atomic E-state index is 13.1. The highest BCUT2D eigenvalue weighted by molar-refractivity contribution is 7.87. The van der Waals surface area contributed by atoms with Crippen molar-refractivity contribution in [3.8, 4) is 11.5 Å². The lowest BCUT2D eigenvalue weighted by Gasteiger charge is -2.27. The van der Waals surface area contributed by atoms with Crippen LogP contribution in [-0.4, -0.2) is 32.4 Å². The number of hydrogen-bond acceptors (Lipinski definition) is 5. The molecule has 28 heavy (non-hydrogen) atoms. The number of carbonyl (C=O) groups excluding carboxylic acids is 1. The molecule has 0 aromatic heterocycles. The van der Waals surface area contributed by atoms with Crippen molar-refractivity contribution >= 4 is 16.0 Å². The second kappa shape index (κ2) is 9.05. The summed E-state index contributed by atoms with van der Waals surface area (Å²) in [6.45, 7) is 5.73. The van der Waals surface area contributed by atoms with Crippen LogP contribution in [0.2, 0.25) is 0 Å². The summed E-state index contributed by atoms with van der Waals surface area (Å²) in [5.74, 6) is -0.399. The van der Waals surface area contributed by atoms with Crippen molar-refractivity contribution < 1.29 is 26.5 Å². The first-order valence-electron chi connectivity index (χ1n) is 8.82. The molecule has 6 nitrogen and oxygen atoms in total. The first kappa shape index (κ1) is 21.7. The molecule has 0 N–H and O–H groups in total. The fraction of sp³-hybridized carbons (Fsp3) is 0.350. The van der Waals surface area contributed by atoms with Crippen LogP contribution >= 0.6 is 0 Å². The van der Waals surface area contributed by atoms with Crippen molar-refractivity contribution in [2.75, 3.05) is 7.11 Å².